The second-order valence-electron chi connectivity index (χ2n) is 4.72. The molecule has 112 valence electrons. The maximum atomic E-state index is 6.34. The summed E-state index contributed by atoms with van der Waals surface area (Å²) in [5, 5.41) is 3.38. The molecular formula is C17H14Cl2N2S. The zero-order valence-electron chi connectivity index (χ0n) is 12.0. The van der Waals surface area contributed by atoms with Gasteiger partial charge in [0.05, 0.1) is 16.4 Å². The largest absolute Gasteiger partial charge is 0.317 e. The normalized spacial score (nSPS) is 11.9. The van der Waals surface area contributed by atoms with Crippen molar-refractivity contribution in [3.05, 3.63) is 68.8 Å². The maximum Gasteiger partial charge on any atom is 0.190 e. The second-order valence-corrected chi connectivity index (χ2v) is 6.40. The van der Waals surface area contributed by atoms with E-state index in [0.29, 0.717) is 10.0 Å². The first kappa shape index (κ1) is 15.3. The van der Waals surface area contributed by atoms with E-state index < -0.39 is 0 Å². The lowest BCUT2D eigenvalue weighted by molar-refractivity contribution is 0.745. The quantitative estimate of drug-likeness (QED) is 0.571. The summed E-state index contributed by atoms with van der Waals surface area (Å²) >= 11 is 13.9. The Morgan fingerprint density at radius 3 is 2.55 bits per heavy atom. The van der Waals surface area contributed by atoms with Gasteiger partial charge in [0.2, 0.25) is 0 Å². The number of thiazole rings is 1. The van der Waals surface area contributed by atoms with Gasteiger partial charge in [-0.15, -0.1) is 11.3 Å². The second kappa shape index (κ2) is 6.69. The molecule has 0 unspecified atom stereocenters. The Labute approximate surface area is 143 Å². The number of hydrogen-bond donors (Lipinski definition) is 0. The Kier molecular flexibility index (Phi) is 4.67. The lowest BCUT2D eigenvalue weighted by Crippen LogP contribution is -2.14. The van der Waals surface area contributed by atoms with E-state index in [1.165, 1.54) is 0 Å². The van der Waals surface area contributed by atoms with Crippen molar-refractivity contribution in [2.75, 3.05) is 0 Å². The summed E-state index contributed by atoms with van der Waals surface area (Å²) in [5.41, 5.74) is 2.97. The van der Waals surface area contributed by atoms with E-state index >= 15 is 0 Å². The predicted molar refractivity (Wildman–Crippen MR) is 95.1 cm³/mol. The molecule has 0 aliphatic rings. The first-order valence-corrected chi connectivity index (χ1v) is 8.56. The zero-order valence-corrected chi connectivity index (χ0v) is 14.3. The van der Waals surface area contributed by atoms with E-state index in [-0.39, 0.29) is 0 Å². The van der Waals surface area contributed by atoms with Crippen LogP contribution in [0.1, 0.15) is 6.92 Å². The van der Waals surface area contributed by atoms with Crippen LogP contribution >= 0.6 is 34.5 Å². The van der Waals surface area contributed by atoms with Crippen LogP contribution in [0.5, 0.6) is 0 Å². The number of halogens is 2. The first-order chi connectivity index (χ1) is 10.7. The molecule has 3 rings (SSSR count). The minimum Gasteiger partial charge on any atom is -0.317 e. The fraction of sp³-hybridized carbons (Fsp3) is 0.118. The highest BCUT2D eigenvalue weighted by atomic mass is 35.5. The maximum absolute atomic E-state index is 6.34. The lowest BCUT2D eigenvalue weighted by Gasteiger charge is -2.08. The van der Waals surface area contributed by atoms with E-state index in [1.54, 1.807) is 17.4 Å². The standard InChI is InChI=1S/C17H14Cl2N2S/c1-2-21-16(14-9-8-12(18)10-15(14)19)11-22-17(21)20-13-6-4-3-5-7-13/h3-11H,2H2,1H3. The third-order valence-electron chi connectivity index (χ3n) is 3.30. The van der Waals surface area contributed by atoms with Crippen molar-refractivity contribution < 1.29 is 0 Å². The van der Waals surface area contributed by atoms with Crippen molar-refractivity contribution in [3.8, 4) is 11.3 Å². The van der Waals surface area contributed by atoms with Crippen LogP contribution in [0.3, 0.4) is 0 Å². The Hall–Kier alpha value is -1.55. The number of aromatic nitrogens is 1. The van der Waals surface area contributed by atoms with Crippen LogP contribution in [-0.2, 0) is 6.54 Å². The molecule has 2 aromatic carbocycles. The van der Waals surface area contributed by atoms with Crippen molar-refractivity contribution in [2.24, 2.45) is 4.99 Å². The molecule has 1 heterocycles. The predicted octanol–water partition coefficient (Wildman–Crippen LogP) is 5.78. The molecule has 0 aliphatic heterocycles. The summed E-state index contributed by atoms with van der Waals surface area (Å²) in [6.07, 6.45) is 0. The monoisotopic (exact) mass is 348 g/mol. The number of hydrogen-bond acceptors (Lipinski definition) is 2. The molecule has 0 amide bonds. The van der Waals surface area contributed by atoms with E-state index in [2.05, 4.69) is 16.9 Å². The highest BCUT2D eigenvalue weighted by molar-refractivity contribution is 7.07. The molecule has 0 fully saturated rings. The SMILES string of the molecule is CCn1c(-c2ccc(Cl)cc2Cl)csc1=Nc1ccccc1. The summed E-state index contributed by atoms with van der Waals surface area (Å²) in [5.74, 6) is 0. The minimum atomic E-state index is 0.640. The molecule has 22 heavy (non-hydrogen) atoms. The smallest absolute Gasteiger partial charge is 0.190 e. The van der Waals surface area contributed by atoms with Crippen molar-refractivity contribution >= 4 is 40.2 Å². The Bertz CT molecular complexity index is 851. The van der Waals surface area contributed by atoms with Crippen molar-refractivity contribution in [3.63, 3.8) is 0 Å². The number of nitrogens with zero attached hydrogens (tertiary/aromatic N) is 2. The lowest BCUT2D eigenvalue weighted by atomic mass is 10.2. The summed E-state index contributed by atoms with van der Waals surface area (Å²) in [6, 6.07) is 15.5. The fourth-order valence-electron chi connectivity index (χ4n) is 2.25. The highest BCUT2D eigenvalue weighted by Gasteiger charge is 2.10. The van der Waals surface area contributed by atoms with Crippen LogP contribution in [0.25, 0.3) is 11.3 Å². The van der Waals surface area contributed by atoms with Gasteiger partial charge in [-0.05, 0) is 37.3 Å². The number of rotatable bonds is 3. The average molecular weight is 349 g/mol. The van der Waals surface area contributed by atoms with E-state index in [0.717, 1.165) is 28.3 Å². The number of para-hydroxylation sites is 1. The summed E-state index contributed by atoms with van der Waals surface area (Å²) < 4.78 is 2.16. The summed E-state index contributed by atoms with van der Waals surface area (Å²) in [7, 11) is 0. The van der Waals surface area contributed by atoms with Gasteiger partial charge in [-0.2, -0.15) is 0 Å². The Morgan fingerprint density at radius 2 is 1.86 bits per heavy atom. The molecule has 0 aliphatic carbocycles. The summed E-state index contributed by atoms with van der Waals surface area (Å²) in [6.45, 7) is 2.92. The van der Waals surface area contributed by atoms with Crippen molar-refractivity contribution in [1.29, 1.82) is 0 Å². The van der Waals surface area contributed by atoms with E-state index in [9.17, 15) is 0 Å². The highest BCUT2D eigenvalue weighted by Crippen LogP contribution is 2.30. The Balaban J connectivity index is 2.14. The molecule has 0 saturated heterocycles. The van der Waals surface area contributed by atoms with Gasteiger partial charge in [-0.25, -0.2) is 4.99 Å². The third kappa shape index (κ3) is 3.12. The van der Waals surface area contributed by atoms with Crippen LogP contribution in [0.4, 0.5) is 5.69 Å². The molecule has 0 spiro atoms. The van der Waals surface area contributed by atoms with Gasteiger partial charge < -0.3 is 4.57 Å². The fourth-order valence-corrected chi connectivity index (χ4v) is 3.74. The van der Waals surface area contributed by atoms with Gasteiger partial charge in [0.15, 0.2) is 4.80 Å². The molecule has 0 radical (unpaired) electrons. The molecule has 0 N–H and O–H groups in total. The minimum absolute atomic E-state index is 0.640. The van der Waals surface area contributed by atoms with Crippen LogP contribution in [-0.4, -0.2) is 4.57 Å². The van der Waals surface area contributed by atoms with Crippen LogP contribution in [0, 0.1) is 0 Å². The van der Waals surface area contributed by atoms with Crippen molar-refractivity contribution in [1.82, 2.24) is 4.57 Å². The van der Waals surface area contributed by atoms with Gasteiger partial charge in [-0.3, -0.25) is 0 Å². The summed E-state index contributed by atoms with van der Waals surface area (Å²) in [4.78, 5) is 5.67. The average Bonchev–Trinajstić information content (AvgIpc) is 2.91. The molecule has 1 aromatic heterocycles. The van der Waals surface area contributed by atoms with Crippen molar-refractivity contribution in [2.45, 2.75) is 13.5 Å². The molecule has 2 nitrogen and oxygen atoms in total. The topological polar surface area (TPSA) is 17.3 Å². The van der Waals surface area contributed by atoms with Gasteiger partial charge in [-0.1, -0.05) is 41.4 Å². The first-order valence-electron chi connectivity index (χ1n) is 6.92. The number of benzene rings is 2. The molecule has 3 aromatic rings. The molecule has 0 atom stereocenters. The Morgan fingerprint density at radius 1 is 1.09 bits per heavy atom. The zero-order chi connectivity index (χ0) is 15.5. The van der Waals surface area contributed by atoms with Gasteiger partial charge in [0.1, 0.15) is 0 Å². The van der Waals surface area contributed by atoms with Gasteiger partial charge in [0, 0.05) is 22.5 Å². The van der Waals surface area contributed by atoms with Crippen LogP contribution < -0.4 is 4.80 Å². The molecular weight excluding hydrogens is 335 g/mol. The van der Waals surface area contributed by atoms with Gasteiger partial charge >= 0.3 is 0 Å². The van der Waals surface area contributed by atoms with Crippen LogP contribution in [0.15, 0.2) is 58.9 Å². The van der Waals surface area contributed by atoms with E-state index in [1.807, 2.05) is 42.5 Å². The van der Waals surface area contributed by atoms with Gasteiger partial charge in [0.25, 0.3) is 0 Å². The molecule has 0 bridgehead atoms. The third-order valence-corrected chi connectivity index (χ3v) is 4.71. The van der Waals surface area contributed by atoms with Crippen LogP contribution in [0.2, 0.25) is 10.0 Å². The van der Waals surface area contributed by atoms with E-state index in [4.69, 9.17) is 28.2 Å². The molecule has 5 heteroatoms. The molecule has 0 saturated carbocycles.